The molecule has 1 aliphatic rings. The Morgan fingerprint density at radius 2 is 2.00 bits per heavy atom. The van der Waals surface area contributed by atoms with Gasteiger partial charge in [0.1, 0.15) is 6.67 Å². The molecule has 110 valence electrons. The van der Waals surface area contributed by atoms with E-state index in [1.165, 1.54) is 12.8 Å². The van der Waals surface area contributed by atoms with Gasteiger partial charge in [0.2, 0.25) is 5.91 Å². The number of carbonyl (C=O) groups excluding carboxylic acids is 1. The van der Waals surface area contributed by atoms with Gasteiger partial charge in [-0.05, 0) is 18.8 Å². The number of hydrogen-bond donors (Lipinski definition) is 2. The SMILES string of the molecule is CCCC(CC1CCCC1)C(=O)NC(CF)C(=O)O. The van der Waals surface area contributed by atoms with Gasteiger partial charge in [-0.3, -0.25) is 4.79 Å². The van der Waals surface area contributed by atoms with Crippen LogP contribution in [-0.4, -0.2) is 29.7 Å². The summed E-state index contributed by atoms with van der Waals surface area (Å²) >= 11 is 0. The molecule has 1 aliphatic carbocycles. The van der Waals surface area contributed by atoms with Crippen molar-refractivity contribution in [2.45, 2.75) is 57.9 Å². The summed E-state index contributed by atoms with van der Waals surface area (Å²) in [5, 5.41) is 11.1. The van der Waals surface area contributed by atoms with Crippen LogP contribution in [0.3, 0.4) is 0 Å². The van der Waals surface area contributed by atoms with Gasteiger partial charge in [-0.25, -0.2) is 9.18 Å². The van der Waals surface area contributed by atoms with Crippen molar-refractivity contribution in [2.75, 3.05) is 6.67 Å². The third-order valence-corrected chi connectivity index (χ3v) is 3.87. The molecule has 2 atom stereocenters. The largest absolute Gasteiger partial charge is 0.480 e. The lowest BCUT2D eigenvalue weighted by atomic mass is 9.89. The van der Waals surface area contributed by atoms with Gasteiger partial charge in [-0.2, -0.15) is 0 Å². The molecule has 1 amide bonds. The maximum absolute atomic E-state index is 12.5. The minimum absolute atomic E-state index is 0.179. The number of halogens is 1. The number of nitrogens with one attached hydrogen (secondary N) is 1. The number of carboxylic acid groups (broad SMARTS) is 1. The third-order valence-electron chi connectivity index (χ3n) is 3.87. The van der Waals surface area contributed by atoms with Crippen molar-refractivity contribution in [1.29, 1.82) is 0 Å². The van der Waals surface area contributed by atoms with Crippen LogP contribution in [-0.2, 0) is 9.59 Å². The third kappa shape index (κ3) is 5.17. The second-order valence-corrected chi connectivity index (χ2v) is 5.43. The fourth-order valence-electron chi connectivity index (χ4n) is 2.81. The number of carbonyl (C=O) groups is 2. The van der Waals surface area contributed by atoms with E-state index >= 15 is 0 Å². The number of rotatable bonds is 8. The van der Waals surface area contributed by atoms with Gasteiger partial charge < -0.3 is 10.4 Å². The molecule has 4 nitrogen and oxygen atoms in total. The van der Waals surface area contributed by atoms with Gasteiger partial charge in [-0.1, -0.05) is 39.0 Å². The predicted molar refractivity (Wildman–Crippen MR) is 70.5 cm³/mol. The summed E-state index contributed by atoms with van der Waals surface area (Å²) in [5.74, 6) is -1.23. The topological polar surface area (TPSA) is 66.4 Å². The van der Waals surface area contributed by atoms with E-state index in [4.69, 9.17) is 5.11 Å². The van der Waals surface area contributed by atoms with Crippen LogP contribution in [0, 0.1) is 11.8 Å². The number of aliphatic carboxylic acids is 1. The molecule has 0 spiro atoms. The normalized spacial score (nSPS) is 19.1. The zero-order chi connectivity index (χ0) is 14.3. The Morgan fingerprint density at radius 1 is 1.37 bits per heavy atom. The van der Waals surface area contributed by atoms with Crippen molar-refractivity contribution in [3.8, 4) is 0 Å². The Labute approximate surface area is 113 Å². The average Bonchev–Trinajstić information content (AvgIpc) is 2.87. The van der Waals surface area contributed by atoms with Gasteiger partial charge >= 0.3 is 5.97 Å². The molecule has 0 aromatic heterocycles. The number of alkyl halides is 1. The minimum atomic E-state index is -1.41. The lowest BCUT2D eigenvalue weighted by Crippen LogP contribution is -2.45. The van der Waals surface area contributed by atoms with Crippen LogP contribution in [0.4, 0.5) is 4.39 Å². The molecular formula is C14H24FNO3. The average molecular weight is 273 g/mol. The minimum Gasteiger partial charge on any atom is -0.480 e. The lowest BCUT2D eigenvalue weighted by molar-refractivity contribution is -0.143. The molecule has 19 heavy (non-hydrogen) atoms. The first-order valence-corrected chi connectivity index (χ1v) is 7.17. The maximum Gasteiger partial charge on any atom is 0.328 e. The van der Waals surface area contributed by atoms with Crippen molar-refractivity contribution in [2.24, 2.45) is 11.8 Å². The summed E-state index contributed by atoms with van der Waals surface area (Å²) in [7, 11) is 0. The lowest BCUT2D eigenvalue weighted by Gasteiger charge is -2.21. The molecule has 0 aliphatic heterocycles. The van der Waals surface area contributed by atoms with E-state index in [1.807, 2.05) is 6.92 Å². The molecule has 1 fully saturated rings. The van der Waals surface area contributed by atoms with E-state index in [0.717, 1.165) is 32.1 Å². The molecule has 0 heterocycles. The highest BCUT2D eigenvalue weighted by Crippen LogP contribution is 2.31. The number of hydrogen-bond acceptors (Lipinski definition) is 2. The zero-order valence-electron chi connectivity index (χ0n) is 11.5. The van der Waals surface area contributed by atoms with Crippen LogP contribution in [0.2, 0.25) is 0 Å². The fraction of sp³-hybridized carbons (Fsp3) is 0.857. The van der Waals surface area contributed by atoms with E-state index in [1.54, 1.807) is 0 Å². The molecule has 0 bridgehead atoms. The molecule has 1 rings (SSSR count). The van der Waals surface area contributed by atoms with Gasteiger partial charge in [0, 0.05) is 5.92 Å². The summed E-state index contributed by atoms with van der Waals surface area (Å²) in [5.41, 5.74) is 0. The Balaban J connectivity index is 2.53. The van der Waals surface area contributed by atoms with E-state index in [-0.39, 0.29) is 11.8 Å². The van der Waals surface area contributed by atoms with Crippen LogP contribution < -0.4 is 5.32 Å². The molecule has 0 aromatic rings. The highest BCUT2D eigenvalue weighted by Gasteiger charge is 2.27. The van der Waals surface area contributed by atoms with Crippen molar-refractivity contribution < 1.29 is 19.1 Å². The van der Waals surface area contributed by atoms with E-state index in [9.17, 15) is 14.0 Å². The first-order valence-electron chi connectivity index (χ1n) is 7.17. The van der Waals surface area contributed by atoms with Crippen molar-refractivity contribution in [3.63, 3.8) is 0 Å². The Morgan fingerprint density at radius 3 is 2.47 bits per heavy atom. The molecular weight excluding hydrogens is 249 g/mol. The summed E-state index contributed by atoms with van der Waals surface area (Å²) in [6.45, 7) is 0.933. The second kappa shape index (κ2) is 8.12. The van der Waals surface area contributed by atoms with Crippen molar-refractivity contribution in [3.05, 3.63) is 0 Å². The standard InChI is InChI=1S/C14H24FNO3/c1-2-5-11(8-10-6-3-4-7-10)13(17)16-12(9-15)14(18)19/h10-12H,2-9H2,1H3,(H,16,17)(H,18,19). The van der Waals surface area contributed by atoms with Crippen LogP contribution >= 0.6 is 0 Å². The zero-order valence-corrected chi connectivity index (χ0v) is 11.5. The quantitative estimate of drug-likeness (QED) is 0.714. The molecule has 0 radical (unpaired) electrons. The van der Waals surface area contributed by atoms with Crippen molar-refractivity contribution in [1.82, 2.24) is 5.32 Å². The van der Waals surface area contributed by atoms with Gasteiger partial charge in [0.05, 0.1) is 0 Å². The van der Waals surface area contributed by atoms with Crippen LogP contribution in [0.15, 0.2) is 0 Å². The first kappa shape index (κ1) is 15.9. The Bertz CT molecular complexity index is 303. The van der Waals surface area contributed by atoms with E-state index < -0.39 is 18.7 Å². The number of amides is 1. The fourth-order valence-corrected chi connectivity index (χ4v) is 2.81. The van der Waals surface area contributed by atoms with Crippen LogP contribution in [0.25, 0.3) is 0 Å². The molecule has 2 N–H and O–H groups in total. The summed E-state index contributed by atoms with van der Waals surface area (Å²) in [6, 6.07) is -1.41. The van der Waals surface area contributed by atoms with Crippen LogP contribution in [0.1, 0.15) is 51.9 Å². The molecule has 2 unspecified atom stereocenters. The summed E-state index contributed by atoms with van der Waals surface area (Å²) in [6.07, 6.45) is 7.15. The first-order chi connectivity index (χ1) is 9.08. The van der Waals surface area contributed by atoms with E-state index in [0.29, 0.717) is 5.92 Å². The van der Waals surface area contributed by atoms with Crippen LogP contribution in [0.5, 0.6) is 0 Å². The number of carboxylic acids is 1. The predicted octanol–water partition coefficient (Wildman–Crippen LogP) is 2.52. The smallest absolute Gasteiger partial charge is 0.328 e. The maximum atomic E-state index is 12.5. The Hall–Kier alpha value is -1.13. The summed E-state index contributed by atoms with van der Waals surface area (Å²) < 4.78 is 12.5. The highest BCUT2D eigenvalue weighted by atomic mass is 19.1. The van der Waals surface area contributed by atoms with Gasteiger partial charge in [-0.15, -0.1) is 0 Å². The molecule has 1 saturated carbocycles. The van der Waals surface area contributed by atoms with Crippen molar-refractivity contribution >= 4 is 11.9 Å². The van der Waals surface area contributed by atoms with E-state index in [2.05, 4.69) is 5.32 Å². The van der Waals surface area contributed by atoms with Gasteiger partial charge in [0.15, 0.2) is 6.04 Å². The molecule has 0 saturated heterocycles. The molecule has 0 aromatic carbocycles. The second-order valence-electron chi connectivity index (χ2n) is 5.43. The molecule has 5 heteroatoms. The Kier molecular flexibility index (Phi) is 6.81. The van der Waals surface area contributed by atoms with Gasteiger partial charge in [0.25, 0.3) is 0 Å². The highest BCUT2D eigenvalue weighted by molar-refractivity contribution is 5.85. The monoisotopic (exact) mass is 273 g/mol. The summed E-state index contributed by atoms with van der Waals surface area (Å²) in [4.78, 5) is 22.8.